The van der Waals surface area contributed by atoms with Gasteiger partial charge in [-0.05, 0) is 44.0 Å². The summed E-state index contributed by atoms with van der Waals surface area (Å²) >= 11 is 1.48. The number of hydrogen-bond acceptors (Lipinski definition) is 9. The van der Waals surface area contributed by atoms with Crippen molar-refractivity contribution in [1.29, 1.82) is 0 Å². The molecule has 11 nitrogen and oxygen atoms in total. The van der Waals surface area contributed by atoms with E-state index in [0.717, 1.165) is 66.5 Å². The number of thiazole rings is 1. The number of nitrogens with two attached hydrogens (primary N) is 1. The average Bonchev–Trinajstić information content (AvgIpc) is 3.59. The highest BCUT2D eigenvalue weighted by Crippen LogP contribution is 2.31. The summed E-state index contributed by atoms with van der Waals surface area (Å²) in [5.74, 6) is 0.157. The molecule has 5 rings (SSSR count). The van der Waals surface area contributed by atoms with Crippen molar-refractivity contribution in [3.05, 3.63) is 99.7 Å². The number of para-hydroxylation sites is 1. The first-order chi connectivity index (χ1) is 21.4. The standard InChI is InChI=1S/C32H35N9O2S/c1-3-25(34-16-21-10-6-5-7-11-21)31(43)37-20-36-29-23(12-8-13-24(29)33)30(42)40-32-39-26-14-9-15-41(19-27(26)44-32)18-22-17-35-28(4-2)38-22/h3,5-8,10-13,16-17,20H,4,9,14-15,18-19,33H2,1-2H3,(H,35,38)(H,36,37,43)(H,39,40,42)/b25-3-,34-16?. The molecule has 1 aliphatic rings. The minimum absolute atomic E-state index is 0.219. The van der Waals surface area contributed by atoms with Gasteiger partial charge in [-0.3, -0.25) is 24.8 Å². The third-order valence-corrected chi connectivity index (χ3v) is 8.02. The summed E-state index contributed by atoms with van der Waals surface area (Å²) in [5, 5.41) is 6.06. The molecule has 1 aliphatic heterocycles. The van der Waals surface area contributed by atoms with Crippen LogP contribution in [0, 0.1) is 0 Å². The van der Waals surface area contributed by atoms with Crippen LogP contribution in [-0.2, 0) is 30.7 Å². The summed E-state index contributed by atoms with van der Waals surface area (Å²) in [6.45, 7) is 6.29. The molecule has 0 aliphatic carbocycles. The van der Waals surface area contributed by atoms with Crippen molar-refractivity contribution in [2.75, 3.05) is 17.6 Å². The number of aliphatic imine (C=N–C) groups is 2. The normalized spacial score (nSPS) is 14.1. The van der Waals surface area contributed by atoms with Crippen molar-refractivity contribution in [2.45, 2.75) is 46.2 Å². The summed E-state index contributed by atoms with van der Waals surface area (Å²) < 4.78 is 0. The lowest BCUT2D eigenvalue weighted by Gasteiger charge is -2.18. The quantitative estimate of drug-likeness (QED) is 0.0858. The molecule has 3 heterocycles. The molecule has 44 heavy (non-hydrogen) atoms. The number of nitrogens with one attached hydrogen (secondary N) is 3. The predicted octanol–water partition coefficient (Wildman–Crippen LogP) is 5.01. The fraction of sp³-hybridized carbons (Fsp3) is 0.250. The van der Waals surface area contributed by atoms with Crippen LogP contribution in [0.25, 0.3) is 0 Å². The van der Waals surface area contributed by atoms with E-state index in [9.17, 15) is 9.59 Å². The zero-order valence-corrected chi connectivity index (χ0v) is 25.5. The minimum atomic E-state index is -0.444. The molecular formula is C32H35N9O2S. The van der Waals surface area contributed by atoms with Gasteiger partial charge in [0.2, 0.25) is 0 Å². The molecule has 0 radical (unpaired) electrons. The van der Waals surface area contributed by atoms with Gasteiger partial charge in [0.1, 0.15) is 17.2 Å². The molecule has 2 amide bonds. The van der Waals surface area contributed by atoms with Crippen molar-refractivity contribution in [3.63, 3.8) is 0 Å². The Kier molecular flexibility index (Phi) is 10.1. The number of anilines is 2. The van der Waals surface area contributed by atoms with Crippen LogP contribution >= 0.6 is 11.3 Å². The van der Waals surface area contributed by atoms with Crippen molar-refractivity contribution >= 4 is 52.2 Å². The van der Waals surface area contributed by atoms with E-state index >= 15 is 0 Å². The number of carbonyl (C=O) groups is 2. The molecule has 0 saturated carbocycles. The molecule has 0 atom stereocenters. The molecule has 0 bridgehead atoms. The first-order valence-electron chi connectivity index (χ1n) is 14.5. The van der Waals surface area contributed by atoms with Gasteiger partial charge in [-0.25, -0.2) is 15.0 Å². The predicted molar refractivity (Wildman–Crippen MR) is 175 cm³/mol. The van der Waals surface area contributed by atoms with Crippen molar-refractivity contribution in [2.24, 2.45) is 9.98 Å². The van der Waals surface area contributed by atoms with Crippen LogP contribution < -0.4 is 16.4 Å². The number of rotatable bonds is 10. The molecule has 2 aromatic carbocycles. The molecule has 2 aromatic heterocycles. The zero-order valence-electron chi connectivity index (χ0n) is 24.7. The number of H-pyrrole nitrogens is 1. The number of aromatic nitrogens is 3. The van der Waals surface area contributed by atoms with Gasteiger partial charge in [0.25, 0.3) is 11.8 Å². The Morgan fingerprint density at radius 1 is 1.18 bits per heavy atom. The second-order valence-electron chi connectivity index (χ2n) is 10.2. The molecule has 5 N–H and O–H groups in total. The first kappa shape index (κ1) is 30.5. The van der Waals surface area contributed by atoms with E-state index < -0.39 is 5.91 Å². The maximum absolute atomic E-state index is 13.4. The number of hydrogen-bond donors (Lipinski definition) is 4. The van der Waals surface area contributed by atoms with Crippen LogP contribution in [-0.4, -0.2) is 50.8 Å². The highest BCUT2D eigenvalue weighted by atomic mass is 32.1. The number of aryl methyl sites for hydroxylation is 2. The number of amides is 2. The van der Waals surface area contributed by atoms with Gasteiger partial charge in [-0.15, -0.1) is 11.3 Å². The number of fused-ring (bicyclic) bond motifs is 1. The van der Waals surface area contributed by atoms with E-state index in [4.69, 9.17) is 10.7 Å². The van der Waals surface area contributed by atoms with E-state index in [0.29, 0.717) is 10.8 Å². The van der Waals surface area contributed by atoms with Crippen molar-refractivity contribution in [3.8, 4) is 0 Å². The van der Waals surface area contributed by atoms with E-state index in [1.54, 1.807) is 37.4 Å². The van der Waals surface area contributed by atoms with Gasteiger partial charge in [0.15, 0.2) is 5.13 Å². The van der Waals surface area contributed by atoms with Crippen LogP contribution in [0.5, 0.6) is 0 Å². The number of nitrogen functional groups attached to an aromatic ring is 1. The van der Waals surface area contributed by atoms with Crippen molar-refractivity contribution < 1.29 is 9.59 Å². The molecule has 0 fully saturated rings. The maximum Gasteiger partial charge on any atom is 0.274 e. The number of allylic oxidation sites excluding steroid dienone is 1. The smallest absolute Gasteiger partial charge is 0.274 e. The lowest BCUT2D eigenvalue weighted by Crippen LogP contribution is -2.22. The number of aromatic amines is 1. The Labute approximate surface area is 260 Å². The van der Waals surface area contributed by atoms with Gasteiger partial charge in [0.05, 0.1) is 23.3 Å². The fourth-order valence-corrected chi connectivity index (χ4v) is 5.83. The van der Waals surface area contributed by atoms with Crippen molar-refractivity contribution in [1.82, 2.24) is 25.2 Å². The Morgan fingerprint density at radius 2 is 2.02 bits per heavy atom. The number of imidazole rings is 1. The van der Waals surface area contributed by atoms with E-state index in [-0.39, 0.29) is 22.9 Å². The highest BCUT2D eigenvalue weighted by Gasteiger charge is 2.22. The van der Waals surface area contributed by atoms with Gasteiger partial charge >= 0.3 is 0 Å². The Bertz CT molecular complexity index is 1710. The van der Waals surface area contributed by atoms with Gasteiger partial charge in [-0.2, -0.15) is 0 Å². The molecule has 0 saturated heterocycles. The second kappa shape index (κ2) is 14.5. The summed E-state index contributed by atoms with van der Waals surface area (Å²) in [4.78, 5) is 50.7. The highest BCUT2D eigenvalue weighted by molar-refractivity contribution is 7.15. The third-order valence-electron chi connectivity index (χ3n) is 7.02. The number of carbonyl (C=O) groups excluding carboxylic acids is 2. The monoisotopic (exact) mass is 609 g/mol. The molecule has 12 heteroatoms. The summed E-state index contributed by atoms with van der Waals surface area (Å²) in [6, 6.07) is 14.4. The summed E-state index contributed by atoms with van der Waals surface area (Å²) in [6.07, 6.45) is 9.03. The molecular weight excluding hydrogens is 574 g/mol. The van der Waals surface area contributed by atoms with Crippen LogP contribution in [0.3, 0.4) is 0 Å². The second-order valence-corrected chi connectivity index (χ2v) is 11.3. The maximum atomic E-state index is 13.4. The van der Waals surface area contributed by atoms with Gasteiger partial charge in [0, 0.05) is 42.5 Å². The van der Waals surface area contributed by atoms with Gasteiger partial charge < -0.3 is 16.0 Å². The Hall–Kier alpha value is -4.94. The molecule has 4 aromatic rings. The van der Waals surface area contributed by atoms with Crippen LogP contribution in [0.15, 0.2) is 76.5 Å². The van der Waals surface area contributed by atoms with E-state index in [1.807, 2.05) is 36.5 Å². The third kappa shape index (κ3) is 7.71. The first-order valence-corrected chi connectivity index (χ1v) is 15.3. The van der Waals surface area contributed by atoms with E-state index in [2.05, 4.69) is 42.4 Å². The number of benzene rings is 2. The van der Waals surface area contributed by atoms with E-state index in [1.165, 1.54) is 17.7 Å². The molecule has 0 spiro atoms. The average molecular weight is 610 g/mol. The zero-order chi connectivity index (χ0) is 30.9. The summed E-state index contributed by atoms with van der Waals surface area (Å²) in [5.41, 5.74) is 10.2. The topological polar surface area (TPSA) is 154 Å². The fourth-order valence-electron chi connectivity index (χ4n) is 4.78. The SMILES string of the molecule is C/C=C(\N=Cc1ccccc1)C(=O)NC=Nc1c(N)cccc1C(=O)Nc1nc2c(s1)CN(Cc1cnc(CC)[nH]1)CCC2. The van der Waals surface area contributed by atoms with Crippen LogP contribution in [0.2, 0.25) is 0 Å². The van der Waals surface area contributed by atoms with Crippen LogP contribution in [0.1, 0.15) is 58.3 Å². The Morgan fingerprint density at radius 3 is 2.80 bits per heavy atom. The largest absolute Gasteiger partial charge is 0.397 e. The van der Waals surface area contributed by atoms with Crippen LogP contribution in [0.4, 0.5) is 16.5 Å². The lowest BCUT2D eigenvalue weighted by atomic mass is 10.1. The number of nitrogens with zero attached hydrogens (tertiary/aromatic N) is 5. The Balaban J connectivity index is 1.24. The summed E-state index contributed by atoms with van der Waals surface area (Å²) in [7, 11) is 0. The molecule has 0 unspecified atom stereocenters. The minimum Gasteiger partial charge on any atom is -0.397 e. The lowest BCUT2D eigenvalue weighted by molar-refractivity contribution is -0.116. The van der Waals surface area contributed by atoms with Gasteiger partial charge in [-0.1, -0.05) is 49.4 Å². The molecule has 226 valence electrons.